The lowest BCUT2D eigenvalue weighted by Crippen LogP contribution is -2.47. The van der Waals surface area contributed by atoms with Gasteiger partial charge in [0.2, 0.25) is 15.9 Å². The maximum absolute atomic E-state index is 13.0. The Kier molecular flexibility index (Phi) is 7.23. The summed E-state index contributed by atoms with van der Waals surface area (Å²) in [6.45, 7) is 4.82. The lowest BCUT2D eigenvalue weighted by atomic mass is 10.1. The third-order valence-corrected chi connectivity index (χ3v) is 6.32. The van der Waals surface area contributed by atoms with E-state index in [0.29, 0.717) is 36.0 Å². The quantitative estimate of drug-likeness (QED) is 0.698. The average Bonchev–Trinajstić information content (AvgIpc) is 2.72. The van der Waals surface area contributed by atoms with E-state index in [1.54, 1.807) is 25.1 Å². The maximum Gasteiger partial charge on any atom is 0.248 e. The fourth-order valence-corrected chi connectivity index (χ4v) is 4.86. The molecule has 2 aromatic rings. The van der Waals surface area contributed by atoms with Crippen molar-refractivity contribution in [2.24, 2.45) is 0 Å². The number of carbonyl (C=O) groups is 1. The third kappa shape index (κ3) is 5.44. The van der Waals surface area contributed by atoms with E-state index in [0.717, 1.165) is 29.3 Å². The largest absolute Gasteiger partial charge is 0.378 e. The molecule has 1 aliphatic rings. The zero-order chi connectivity index (χ0) is 21.7. The van der Waals surface area contributed by atoms with Crippen molar-refractivity contribution >= 4 is 44.6 Å². The van der Waals surface area contributed by atoms with Crippen LogP contribution in [0.3, 0.4) is 0 Å². The van der Waals surface area contributed by atoms with E-state index in [4.69, 9.17) is 16.3 Å². The molecular formula is C21H26ClN3O4S. The first-order valence-corrected chi connectivity index (χ1v) is 12.0. The number of morpholine rings is 1. The maximum atomic E-state index is 13.0. The lowest BCUT2D eigenvalue weighted by molar-refractivity contribution is -0.117. The van der Waals surface area contributed by atoms with Gasteiger partial charge in [0.1, 0.15) is 6.04 Å². The summed E-state index contributed by atoms with van der Waals surface area (Å²) >= 11 is 6.04. The molecule has 0 aromatic heterocycles. The Bertz CT molecular complexity index is 976. The number of amides is 1. The smallest absolute Gasteiger partial charge is 0.248 e. The van der Waals surface area contributed by atoms with Gasteiger partial charge in [0, 0.05) is 29.5 Å². The van der Waals surface area contributed by atoms with Gasteiger partial charge < -0.3 is 15.0 Å². The summed E-state index contributed by atoms with van der Waals surface area (Å²) < 4.78 is 31.5. The highest BCUT2D eigenvalue weighted by molar-refractivity contribution is 7.92. The van der Waals surface area contributed by atoms with E-state index >= 15 is 0 Å². The molecule has 9 heteroatoms. The summed E-state index contributed by atoms with van der Waals surface area (Å²) in [4.78, 5) is 15.2. The van der Waals surface area contributed by atoms with E-state index in [9.17, 15) is 13.2 Å². The second-order valence-corrected chi connectivity index (χ2v) is 9.39. The number of anilines is 3. The van der Waals surface area contributed by atoms with Gasteiger partial charge in [-0.05, 0) is 48.9 Å². The number of ether oxygens (including phenoxy) is 1. The number of benzene rings is 2. The van der Waals surface area contributed by atoms with Crippen molar-refractivity contribution in [3.8, 4) is 0 Å². The van der Waals surface area contributed by atoms with Crippen LogP contribution >= 0.6 is 11.6 Å². The van der Waals surface area contributed by atoms with Crippen LogP contribution < -0.4 is 14.5 Å². The monoisotopic (exact) mass is 451 g/mol. The summed E-state index contributed by atoms with van der Waals surface area (Å²) in [6.07, 6.45) is 1.39. The minimum Gasteiger partial charge on any atom is -0.378 e. The van der Waals surface area contributed by atoms with Gasteiger partial charge in [-0.2, -0.15) is 0 Å². The number of nitrogens with zero attached hydrogens (tertiary/aromatic N) is 2. The molecule has 0 saturated carbocycles. The summed E-state index contributed by atoms with van der Waals surface area (Å²) in [5, 5.41) is 3.24. The highest BCUT2D eigenvalue weighted by atomic mass is 35.5. The molecule has 7 nitrogen and oxygen atoms in total. The van der Waals surface area contributed by atoms with Gasteiger partial charge in [0.05, 0.1) is 25.2 Å². The van der Waals surface area contributed by atoms with Crippen LogP contribution in [0, 0.1) is 0 Å². The van der Waals surface area contributed by atoms with Crippen molar-refractivity contribution < 1.29 is 17.9 Å². The zero-order valence-electron chi connectivity index (χ0n) is 17.0. The van der Waals surface area contributed by atoms with E-state index in [1.807, 2.05) is 24.3 Å². The normalized spacial score (nSPS) is 15.5. The molecule has 0 radical (unpaired) electrons. The standard InChI is InChI=1S/C21H26ClN3O4S/c1-3-20(25(30(2,27)28)19-6-4-5-16(22)15-19)21(26)23-17-7-9-18(10-8-17)24-11-13-29-14-12-24/h4-10,15,20H,3,11-14H2,1-2H3,(H,23,26)/t20-/m0/s1. The number of hydrogen-bond donors (Lipinski definition) is 1. The first kappa shape index (κ1) is 22.4. The second-order valence-electron chi connectivity index (χ2n) is 7.10. The van der Waals surface area contributed by atoms with Crippen molar-refractivity contribution in [3.05, 3.63) is 53.6 Å². The highest BCUT2D eigenvalue weighted by Gasteiger charge is 2.31. The molecule has 1 heterocycles. The molecule has 0 aliphatic carbocycles. The summed E-state index contributed by atoms with van der Waals surface area (Å²) in [7, 11) is -3.71. The molecule has 1 aliphatic heterocycles. The number of carbonyl (C=O) groups excluding carboxylic acids is 1. The van der Waals surface area contributed by atoms with E-state index in [-0.39, 0.29) is 0 Å². The van der Waals surface area contributed by atoms with Gasteiger partial charge in [-0.3, -0.25) is 9.10 Å². The second kappa shape index (κ2) is 9.68. The SMILES string of the molecule is CC[C@@H](C(=O)Nc1ccc(N2CCOCC2)cc1)N(c1cccc(Cl)c1)S(C)(=O)=O. The lowest BCUT2D eigenvalue weighted by Gasteiger charge is -2.30. The Morgan fingerprint density at radius 2 is 1.87 bits per heavy atom. The van der Waals surface area contributed by atoms with Gasteiger partial charge in [-0.1, -0.05) is 24.6 Å². The molecule has 30 heavy (non-hydrogen) atoms. The van der Waals surface area contributed by atoms with Crippen LogP contribution in [0.25, 0.3) is 0 Å². The summed E-state index contributed by atoms with van der Waals surface area (Å²) in [5.74, 6) is -0.401. The van der Waals surface area contributed by atoms with E-state index in [1.165, 1.54) is 6.07 Å². The topological polar surface area (TPSA) is 79.0 Å². The van der Waals surface area contributed by atoms with Gasteiger partial charge in [-0.15, -0.1) is 0 Å². The fourth-order valence-electron chi connectivity index (χ4n) is 3.48. The molecule has 3 rings (SSSR count). The van der Waals surface area contributed by atoms with Gasteiger partial charge in [0.25, 0.3) is 0 Å². The van der Waals surface area contributed by atoms with Crippen LogP contribution in [0.5, 0.6) is 0 Å². The van der Waals surface area contributed by atoms with Crippen LogP contribution in [-0.2, 0) is 19.6 Å². The molecule has 1 atom stereocenters. The summed E-state index contributed by atoms with van der Waals surface area (Å²) in [6, 6.07) is 13.1. The Hall–Kier alpha value is -2.29. The molecule has 162 valence electrons. The predicted molar refractivity (Wildman–Crippen MR) is 121 cm³/mol. The minimum atomic E-state index is -3.71. The zero-order valence-corrected chi connectivity index (χ0v) is 18.6. The average molecular weight is 452 g/mol. The van der Waals surface area contributed by atoms with Crippen molar-refractivity contribution in [3.63, 3.8) is 0 Å². The van der Waals surface area contributed by atoms with E-state index in [2.05, 4.69) is 10.2 Å². The van der Waals surface area contributed by atoms with E-state index < -0.39 is 22.0 Å². The Balaban J connectivity index is 1.79. The molecule has 1 fully saturated rings. The van der Waals surface area contributed by atoms with Crippen LogP contribution in [0.15, 0.2) is 48.5 Å². The van der Waals surface area contributed by atoms with Crippen LogP contribution in [0.4, 0.5) is 17.1 Å². The van der Waals surface area contributed by atoms with Crippen molar-refractivity contribution in [2.75, 3.05) is 47.1 Å². The van der Waals surface area contributed by atoms with Crippen molar-refractivity contribution in [1.29, 1.82) is 0 Å². The number of halogens is 1. The number of nitrogens with one attached hydrogen (secondary N) is 1. The first-order chi connectivity index (χ1) is 14.3. The Morgan fingerprint density at radius 1 is 1.20 bits per heavy atom. The molecule has 0 unspecified atom stereocenters. The summed E-state index contributed by atoms with van der Waals surface area (Å²) in [5.41, 5.74) is 2.02. The van der Waals surface area contributed by atoms with Gasteiger partial charge in [0.15, 0.2) is 0 Å². The Labute approximate surface area is 182 Å². The number of sulfonamides is 1. The van der Waals surface area contributed by atoms with Crippen molar-refractivity contribution in [1.82, 2.24) is 0 Å². The number of hydrogen-bond acceptors (Lipinski definition) is 5. The fraction of sp³-hybridized carbons (Fsp3) is 0.381. The highest BCUT2D eigenvalue weighted by Crippen LogP contribution is 2.26. The molecule has 2 aromatic carbocycles. The third-order valence-electron chi connectivity index (χ3n) is 4.90. The minimum absolute atomic E-state index is 0.303. The van der Waals surface area contributed by atoms with Gasteiger partial charge in [-0.25, -0.2) is 8.42 Å². The molecule has 1 N–H and O–H groups in total. The first-order valence-electron chi connectivity index (χ1n) is 9.78. The number of rotatable bonds is 7. The Morgan fingerprint density at radius 3 is 2.43 bits per heavy atom. The predicted octanol–water partition coefficient (Wildman–Crippen LogP) is 3.36. The van der Waals surface area contributed by atoms with Crippen molar-refractivity contribution in [2.45, 2.75) is 19.4 Å². The van der Waals surface area contributed by atoms with Crippen LogP contribution in [-0.4, -0.2) is 52.9 Å². The molecule has 0 bridgehead atoms. The van der Waals surface area contributed by atoms with Crippen LogP contribution in [0.2, 0.25) is 5.02 Å². The van der Waals surface area contributed by atoms with Crippen LogP contribution in [0.1, 0.15) is 13.3 Å². The van der Waals surface area contributed by atoms with Gasteiger partial charge >= 0.3 is 0 Å². The molecule has 1 amide bonds. The molecule has 0 spiro atoms. The molecule has 1 saturated heterocycles. The molecular weight excluding hydrogens is 426 g/mol.